The van der Waals surface area contributed by atoms with Gasteiger partial charge in [0.1, 0.15) is 5.92 Å². The molecule has 0 saturated carbocycles. The van der Waals surface area contributed by atoms with Gasteiger partial charge in [-0.15, -0.1) is 0 Å². The number of nitrogens with one attached hydrogen (secondary N) is 1. The summed E-state index contributed by atoms with van der Waals surface area (Å²) in [5.41, 5.74) is 10.0. The molecule has 0 spiro atoms. The molecule has 110 valence electrons. The molecule has 6 nitrogen and oxygen atoms in total. The Morgan fingerprint density at radius 1 is 1.48 bits per heavy atom. The van der Waals surface area contributed by atoms with Crippen molar-refractivity contribution in [3.05, 3.63) is 30.3 Å². The Labute approximate surface area is 128 Å². The zero-order chi connectivity index (χ0) is 15.4. The van der Waals surface area contributed by atoms with E-state index in [9.17, 15) is 4.79 Å². The van der Waals surface area contributed by atoms with Crippen molar-refractivity contribution in [2.24, 2.45) is 21.9 Å². The van der Waals surface area contributed by atoms with Gasteiger partial charge < -0.3 is 5.73 Å². The number of carbonyl (C=O) groups is 1. The van der Waals surface area contributed by atoms with Crippen LogP contribution in [0, 0.1) is 5.92 Å². The fourth-order valence-electron chi connectivity index (χ4n) is 2.18. The monoisotopic (exact) mass is 303 g/mol. The summed E-state index contributed by atoms with van der Waals surface area (Å²) in [4.78, 5) is 12.6. The molecule has 2 rings (SSSR count). The average Bonchev–Trinajstić information content (AvgIpc) is 2.77. The second kappa shape index (κ2) is 6.45. The lowest BCUT2D eigenvalue weighted by molar-refractivity contribution is -0.118. The molecule has 0 fully saturated rings. The number of thiocarbonyl (C=S) groups is 1. The van der Waals surface area contributed by atoms with Crippen molar-refractivity contribution in [1.82, 2.24) is 5.43 Å². The van der Waals surface area contributed by atoms with Crippen LogP contribution in [0.3, 0.4) is 0 Å². The van der Waals surface area contributed by atoms with Gasteiger partial charge in [-0.25, -0.2) is 0 Å². The number of nitrogens with zero attached hydrogens (tertiary/aromatic N) is 3. The highest BCUT2D eigenvalue weighted by atomic mass is 32.1. The van der Waals surface area contributed by atoms with E-state index >= 15 is 0 Å². The first-order valence-corrected chi connectivity index (χ1v) is 7.01. The molecular formula is C14H17N5OS. The van der Waals surface area contributed by atoms with Crippen molar-refractivity contribution in [2.75, 3.05) is 5.01 Å². The molecular weight excluding hydrogens is 286 g/mol. The molecule has 1 aromatic rings. The summed E-state index contributed by atoms with van der Waals surface area (Å²) >= 11 is 4.73. The zero-order valence-electron chi connectivity index (χ0n) is 11.9. The molecule has 1 heterocycles. The molecule has 7 heteroatoms. The van der Waals surface area contributed by atoms with Gasteiger partial charge in [0, 0.05) is 0 Å². The SMILES string of the molecule is CC/C(=N\NC(N)=S)[C@H]1C(=O)N(c2ccccc2)N=C1C. The number of benzene rings is 1. The highest BCUT2D eigenvalue weighted by Crippen LogP contribution is 2.25. The molecule has 0 aromatic heterocycles. The Morgan fingerprint density at radius 2 is 2.14 bits per heavy atom. The lowest BCUT2D eigenvalue weighted by Gasteiger charge is -2.15. The number of hydrogen-bond acceptors (Lipinski definition) is 4. The van der Waals surface area contributed by atoms with E-state index in [2.05, 4.69) is 15.6 Å². The van der Waals surface area contributed by atoms with Gasteiger partial charge in [-0.2, -0.15) is 15.2 Å². The van der Waals surface area contributed by atoms with Gasteiger partial charge in [0.05, 0.1) is 17.1 Å². The summed E-state index contributed by atoms with van der Waals surface area (Å²) in [6.07, 6.45) is 0.599. The van der Waals surface area contributed by atoms with Gasteiger partial charge in [-0.1, -0.05) is 25.1 Å². The molecule has 0 saturated heterocycles. The van der Waals surface area contributed by atoms with E-state index in [0.717, 1.165) is 5.69 Å². The van der Waals surface area contributed by atoms with Crippen LogP contribution in [0.5, 0.6) is 0 Å². The standard InChI is InChI=1S/C14H17N5OS/c1-3-11(16-17-14(15)21)12-9(2)18-19(13(12)20)10-7-5-4-6-8-10/h4-8,12H,3H2,1-2H3,(H3,15,17,21)/b16-11+/t12-/m0/s1. The number of hydrogen-bond donors (Lipinski definition) is 2. The van der Waals surface area contributed by atoms with E-state index in [0.29, 0.717) is 17.8 Å². The highest BCUT2D eigenvalue weighted by Gasteiger charge is 2.37. The maximum Gasteiger partial charge on any atom is 0.262 e. The maximum atomic E-state index is 12.6. The van der Waals surface area contributed by atoms with Crippen molar-refractivity contribution >= 4 is 40.3 Å². The number of para-hydroxylation sites is 1. The van der Waals surface area contributed by atoms with Crippen molar-refractivity contribution in [2.45, 2.75) is 20.3 Å². The second-order valence-electron chi connectivity index (χ2n) is 4.59. The van der Waals surface area contributed by atoms with Crippen LogP contribution < -0.4 is 16.2 Å². The van der Waals surface area contributed by atoms with Crippen molar-refractivity contribution < 1.29 is 4.79 Å². The lowest BCUT2D eigenvalue weighted by atomic mass is 9.96. The van der Waals surface area contributed by atoms with Gasteiger partial charge in [0.2, 0.25) is 0 Å². The van der Waals surface area contributed by atoms with E-state index in [1.54, 1.807) is 0 Å². The zero-order valence-corrected chi connectivity index (χ0v) is 12.7. The van der Waals surface area contributed by atoms with Crippen molar-refractivity contribution in [1.29, 1.82) is 0 Å². The Hall–Kier alpha value is -2.28. The first-order chi connectivity index (χ1) is 10.0. The number of amides is 1. The molecule has 1 atom stereocenters. The molecule has 1 aromatic carbocycles. The molecule has 1 amide bonds. The second-order valence-corrected chi connectivity index (χ2v) is 5.03. The Morgan fingerprint density at radius 3 is 2.71 bits per heavy atom. The van der Waals surface area contributed by atoms with Crippen LogP contribution in [-0.4, -0.2) is 22.4 Å². The Balaban J connectivity index is 2.27. The number of carbonyl (C=O) groups excluding carboxylic acids is 1. The fraction of sp³-hybridized carbons (Fsp3) is 0.286. The summed E-state index contributed by atoms with van der Waals surface area (Å²) in [6.45, 7) is 3.74. The minimum atomic E-state index is -0.475. The minimum Gasteiger partial charge on any atom is -0.375 e. The average molecular weight is 303 g/mol. The van der Waals surface area contributed by atoms with Crippen molar-refractivity contribution in [3.8, 4) is 0 Å². The van der Waals surface area contributed by atoms with E-state index < -0.39 is 5.92 Å². The molecule has 3 N–H and O–H groups in total. The van der Waals surface area contributed by atoms with Gasteiger partial charge in [-0.3, -0.25) is 10.2 Å². The number of nitrogens with two attached hydrogens (primary N) is 1. The molecule has 0 aliphatic carbocycles. The molecule has 1 aliphatic rings. The molecule has 0 radical (unpaired) electrons. The smallest absolute Gasteiger partial charge is 0.262 e. The normalized spacial score (nSPS) is 18.7. The Bertz CT molecular complexity index is 611. The van der Waals surface area contributed by atoms with E-state index in [1.807, 2.05) is 44.2 Å². The topological polar surface area (TPSA) is 83.1 Å². The largest absolute Gasteiger partial charge is 0.375 e. The van der Waals surface area contributed by atoms with Crippen LogP contribution in [0.2, 0.25) is 0 Å². The van der Waals surface area contributed by atoms with Crippen molar-refractivity contribution in [3.63, 3.8) is 0 Å². The summed E-state index contributed by atoms with van der Waals surface area (Å²) < 4.78 is 0. The summed E-state index contributed by atoms with van der Waals surface area (Å²) in [5.74, 6) is -0.596. The summed E-state index contributed by atoms with van der Waals surface area (Å²) in [7, 11) is 0. The van der Waals surface area contributed by atoms with E-state index in [4.69, 9.17) is 18.0 Å². The van der Waals surface area contributed by atoms with Gasteiger partial charge in [0.25, 0.3) is 5.91 Å². The molecule has 21 heavy (non-hydrogen) atoms. The first kappa shape index (κ1) is 15.1. The fourth-order valence-corrected chi connectivity index (χ4v) is 2.22. The van der Waals surface area contributed by atoms with Gasteiger partial charge >= 0.3 is 0 Å². The van der Waals surface area contributed by atoms with Crippen LogP contribution in [0.4, 0.5) is 5.69 Å². The highest BCUT2D eigenvalue weighted by molar-refractivity contribution is 7.80. The maximum absolute atomic E-state index is 12.6. The third-order valence-corrected chi connectivity index (χ3v) is 3.23. The van der Waals surface area contributed by atoms with Gasteiger partial charge in [0.15, 0.2) is 5.11 Å². The van der Waals surface area contributed by atoms with E-state index in [-0.39, 0.29) is 11.0 Å². The van der Waals surface area contributed by atoms with Crippen LogP contribution in [0.1, 0.15) is 20.3 Å². The van der Waals surface area contributed by atoms with Crippen LogP contribution in [0.25, 0.3) is 0 Å². The predicted octanol–water partition coefficient (Wildman–Crippen LogP) is 1.62. The van der Waals surface area contributed by atoms with Crippen LogP contribution >= 0.6 is 12.2 Å². The molecule has 1 aliphatic heterocycles. The molecule has 0 unspecified atom stereocenters. The lowest BCUT2D eigenvalue weighted by Crippen LogP contribution is -2.35. The van der Waals surface area contributed by atoms with E-state index in [1.165, 1.54) is 5.01 Å². The quantitative estimate of drug-likeness (QED) is 0.503. The third kappa shape index (κ3) is 3.25. The summed E-state index contributed by atoms with van der Waals surface area (Å²) in [6, 6.07) is 9.30. The number of hydrazone groups is 2. The third-order valence-electron chi connectivity index (χ3n) is 3.14. The van der Waals surface area contributed by atoms with Crippen LogP contribution in [-0.2, 0) is 4.79 Å². The van der Waals surface area contributed by atoms with Crippen LogP contribution in [0.15, 0.2) is 40.5 Å². The number of rotatable bonds is 4. The predicted molar refractivity (Wildman–Crippen MR) is 88.2 cm³/mol. The molecule has 0 bridgehead atoms. The minimum absolute atomic E-state index is 0.0703. The Kier molecular flexibility index (Phi) is 4.64. The number of anilines is 1. The van der Waals surface area contributed by atoms with Gasteiger partial charge in [-0.05, 0) is 37.7 Å². The summed E-state index contributed by atoms with van der Waals surface area (Å²) in [5, 5.41) is 9.95. The first-order valence-electron chi connectivity index (χ1n) is 6.60.